The van der Waals surface area contributed by atoms with E-state index in [0.29, 0.717) is 16.9 Å². The summed E-state index contributed by atoms with van der Waals surface area (Å²) in [5.41, 5.74) is 3.65. The minimum Gasteiger partial charge on any atom is -0.460 e. The summed E-state index contributed by atoms with van der Waals surface area (Å²) in [5, 5.41) is 0. The number of hydrogen-bond donors (Lipinski definition) is 0. The molecule has 0 fully saturated rings. The molecule has 0 N–H and O–H groups in total. The maximum absolute atomic E-state index is 12.3. The molecular formula is C15H12O3. The van der Waals surface area contributed by atoms with Gasteiger partial charge < -0.3 is 4.42 Å². The van der Waals surface area contributed by atoms with Crippen molar-refractivity contribution < 1.29 is 14.0 Å². The number of furan rings is 1. The zero-order chi connectivity index (χ0) is 13.0. The summed E-state index contributed by atoms with van der Waals surface area (Å²) in [5.74, 6) is 1.18. The Labute approximate surface area is 104 Å². The van der Waals surface area contributed by atoms with Gasteiger partial charge in [-0.15, -0.1) is 0 Å². The Balaban J connectivity index is 2.37. The Morgan fingerprint density at radius 1 is 1.06 bits per heavy atom. The van der Waals surface area contributed by atoms with Crippen molar-refractivity contribution in [2.24, 2.45) is 0 Å². The van der Waals surface area contributed by atoms with Crippen LogP contribution in [0.4, 0.5) is 0 Å². The highest BCUT2D eigenvalue weighted by Crippen LogP contribution is 2.40. The molecule has 90 valence electrons. The lowest BCUT2D eigenvalue weighted by Gasteiger charge is -2.19. The summed E-state index contributed by atoms with van der Waals surface area (Å²) < 4.78 is 5.66. The molecule has 1 aromatic rings. The van der Waals surface area contributed by atoms with Crippen LogP contribution in [-0.4, -0.2) is 11.6 Å². The van der Waals surface area contributed by atoms with Gasteiger partial charge in [0.2, 0.25) is 0 Å². The van der Waals surface area contributed by atoms with Crippen molar-refractivity contribution in [3.8, 4) is 0 Å². The van der Waals surface area contributed by atoms with E-state index in [2.05, 4.69) is 0 Å². The molecule has 2 aliphatic rings. The summed E-state index contributed by atoms with van der Waals surface area (Å²) in [6.07, 6.45) is 4.71. The maximum atomic E-state index is 12.3. The van der Waals surface area contributed by atoms with Gasteiger partial charge in [-0.05, 0) is 44.6 Å². The van der Waals surface area contributed by atoms with Gasteiger partial charge in [0.15, 0.2) is 11.6 Å². The van der Waals surface area contributed by atoms with E-state index in [-0.39, 0.29) is 11.6 Å². The lowest BCUT2D eigenvalue weighted by Crippen LogP contribution is -2.15. The predicted octanol–water partition coefficient (Wildman–Crippen LogP) is 2.93. The zero-order valence-electron chi connectivity index (χ0n) is 10.5. The molecule has 0 atom stereocenters. The van der Waals surface area contributed by atoms with E-state index in [1.165, 1.54) is 12.2 Å². The molecule has 2 aliphatic carbocycles. The summed E-state index contributed by atoms with van der Waals surface area (Å²) in [6, 6.07) is 0. The van der Waals surface area contributed by atoms with Gasteiger partial charge in [-0.3, -0.25) is 9.59 Å². The first kappa shape index (κ1) is 11.0. The Kier molecular flexibility index (Phi) is 2.08. The lowest BCUT2D eigenvalue weighted by atomic mass is 9.82. The monoisotopic (exact) mass is 240 g/mol. The number of Topliss-reactive ketones (excluding diaryl/α,β-unsaturated/α-hetero) is 1. The van der Waals surface area contributed by atoms with E-state index in [0.717, 1.165) is 22.5 Å². The summed E-state index contributed by atoms with van der Waals surface area (Å²) in [7, 11) is 0. The molecule has 0 amide bonds. The van der Waals surface area contributed by atoms with Crippen LogP contribution >= 0.6 is 0 Å². The normalized spacial score (nSPS) is 17.8. The fourth-order valence-corrected chi connectivity index (χ4v) is 2.44. The van der Waals surface area contributed by atoms with Gasteiger partial charge in [0.25, 0.3) is 0 Å². The molecule has 0 unspecified atom stereocenters. The van der Waals surface area contributed by atoms with Crippen LogP contribution in [0, 0.1) is 13.8 Å². The van der Waals surface area contributed by atoms with E-state index >= 15 is 0 Å². The SMILES string of the molecule is CC1=C2C=CC(=O)C=C2c2oc(C)c(C)c2C1=O. The number of fused-ring (bicyclic) bond motifs is 3. The molecule has 0 radical (unpaired) electrons. The molecule has 0 aromatic carbocycles. The molecule has 0 bridgehead atoms. The fraction of sp³-hybridized carbons (Fsp3) is 0.200. The van der Waals surface area contributed by atoms with Gasteiger partial charge in [0.05, 0.1) is 5.56 Å². The molecule has 0 spiro atoms. The van der Waals surface area contributed by atoms with Gasteiger partial charge in [-0.25, -0.2) is 0 Å². The third-order valence-corrected chi connectivity index (χ3v) is 3.59. The highest BCUT2D eigenvalue weighted by atomic mass is 16.3. The van der Waals surface area contributed by atoms with Crippen molar-refractivity contribution >= 4 is 17.1 Å². The number of hydrogen-bond acceptors (Lipinski definition) is 3. The van der Waals surface area contributed by atoms with Gasteiger partial charge in [0.1, 0.15) is 11.5 Å². The molecule has 0 aliphatic heterocycles. The number of rotatable bonds is 0. The van der Waals surface area contributed by atoms with Crippen molar-refractivity contribution in [1.29, 1.82) is 0 Å². The van der Waals surface area contributed by atoms with Gasteiger partial charge in [-0.2, -0.15) is 0 Å². The van der Waals surface area contributed by atoms with Crippen LogP contribution in [0.3, 0.4) is 0 Å². The van der Waals surface area contributed by atoms with Crippen LogP contribution in [0.2, 0.25) is 0 Å². The van der Waals surface area contributed by atoms with Crippen LogP contribution in [0.1, 0.15) is 34.4 Å². The number of carbonyl (C=O) groups is 2. The number of ketones is 2. The number of allylic oxidation sites excluding steroid dienone is 6. The van der Waals surface area contributed by atoms with Crippen molar-refractivity contribution in [1.82, 2.24) is 0 Å². The van der Waals surface area contributed by atoms with E-state index in [1.54, 1.807) is 13.0 Å². The molecule has 0 saturated heterocycles. The van der Waals surface area contributed by atoms with Crippen molar-refractivity contribution in [2.45, 2.75) is 20.8 Å². The predicted molar refractivity (Wildman–Crippen MR) is 67.3 cm³/mol. The van der Waals surface area contributed by atoms with Crippen LogP contribution in [-0.2, 0) is 4.79 Å². The third kappa shape index (κ3) is 1.24. The molecular weight excluding hydrogens is 228 g/mol. The van der Waals surface area contributed by atoms with Gasteiger partial charge in [-0.1, -0.05) is 0 Å². The van der Waals surface area contributed by atoms with Gasteiger partial charge in [0, 0.05) is 16.7 Å². The van der Waals surface area contributed by atoms with E-state index in [4.69, 9.17) is 4.42 Å². The van der Waals surface area contributed by atoms with E-state index < -0.39 is 0 Å². The molecule has 1 heterocycles. The minimum absolute atomic E-state index is 0.00880. The highest BCUT2D eigenvalue weighted by Gasteiger charge is 2.33. The molecule has 3 rings (SSSR count). The Morgan fingerprint density at radius 2 is 1.78 bits per heavy atom. The topological polar surface area (TPSA) is 47.3 Å². The van der Waals surface area contributed by atoms with Crippen molar-refractivity contribution in [3.05, 3.63) is 52.0 Å². The first-order valence-corrected chi connectivity index (χ1v) is 5.80. The Bertz CT molecular complexity index is 694. The van der Waals surface area contributed by atoms with Crippen LogP contribution < -0.4 is 0 Å². The fourth-order valence-electron chi connectivity index (χ4n) is 2.44. The average Bonchev–Trinajstić information content (AvgIpc) is 2.63. The lowest BCUT2D eigenvalue weighted by molar-refractivity contribution is -0.110. The summed E-state index contributed by atoms with van der Waals surface area (Å²) in [4.78, 5) is 23.8. The molecule has 0 saturated carbocycles. The van der Waals surface area contributed by atoms with Crippen molar-refractivity contribution in [3.63, 3.8) is 0 Å². The average molecular weight is 240 g/mol. The Morgan fingerprint density at radius 3 is 2.50 bits per heavy atom. The smallest absolute Gasteiger partial charge is 0.193 e. The number of aryl methyl sites for hydroxylation is 1. The van der Waals surface area contributed by atoms with Gasteiger partial charge >= 0.3 is 0 Å². The van der Waals surface area contributed by atoms with Crippen LogP contribution in [0.15, 0.2) is 33.8 Å². The standard InChI is InChI=1S/C15H12O3/c1-7-9(3)18-15-12-6-10(16)4-5-11(12)8(2)14(17)13(7)15/h4-6H,1-3H3. The van der Waals surface area contributed by atoms with Crippen LogP contribution in [0.5, 0.6) is 0 Å². The first-order chi connectivity index (χ1) is 8.50. The summed E-state index contributed by atoms with van der Waals surface area (Å²) in [6.45, 7) is 5.49. The van der Waals surface area contributed by atoms with Crippen LogP contribution in [0.25, 0.3) is 5.57 Å². The van der Waals surface area contributed by atoms with E-state index in [9.17, 15) is 9.59 Å². The zero-order valence-corrected chi connectivity index (χ0v) is 10.5. The largest absolute Gasteiger partial charge is 0.460 e. The van der Waals surface area contributed by atoms with E-state index in [1.807, 2.05) is 13.8 Å². The third-order valence-electron chi connectivity index (χ3n) is 3.59. The summed E-state index contributed by atoms with van der Waals surface area (Å²) >= 11 is 0. The maximum Gasteiger partial charge on any atom is 0.193 e. The van der Waals surface area contributed by atoms with Crippen molar-refractivity contribution in [2.75, 3.05) is 0 Å². The quantitative estimate of drug-likeness (QED) is 0.700. The second kappa shape index (κ2) is 3.42. The molecule has 3 heteroatoms. The second-order valence-corrected chi connectivity index (χ2v) is 4.65. The first-order valence-electron chi connectivity index (χ1n) is 5.80. The Hall–Kier alpha value is -2.16. The number of carbonyl (C=O) groups excluding carboxylic acids is 2. The molecule has 18 heavy (non-hydrogen) atoms. The molecule has 1 aromatic heterocycles. The molecule has 3 nitrogen and oxygen atoms in total. The minimum atomic E-state index is -0.0754. The highest BCUT2D eigenvalue weighted by molar-refractivity contribution is 6.21. The second-order valence-electron chi connectivity index (χ2n) is 4.65.